The Morgan fingerprint density at radius 3 is 2.20 bits per heavy atom. The molecular formula is C8H22O2. The zero-order valence-corrected chi connectivity index (χ0v) is 4.52. The molecule has 0 N–H and O–H groups in total. The molecule has 1 aliphatic rings. The van der Waals surface area contributed by atoms with Crippen LogP contribution in [0.4, 0.5) is 0 Å². The minimum absolute atomic E-state index is 0. The zero-order chi connectivity index (χ0) is 5.11. The molecule has 0 aromatic heterocycles. The monoisotopic (exact) mass is 150 g/mol. The smallest absolute Gasteiger partial charge is 0.104 e. The van der Waals surface area contributed by atoms with E-state index in [1.54, 1.807) is 0 Å². The van der Waals surface area contributed by atoms with E-state index in [4.69, 9.17) is 9.47 Å². The first-order chi connectivity index (χ1) is 3.43. The fourth-order valence-corrected chi connectivity index (χ4v) is 0.414. The van der Waals surface area contributed by atoms with Gasteiger partial charge in [0.1, 0.15) is 6.10 Å². The molecule has 2 nitrogen and oxygen atoms in total. The summed E-state index contributed by atoms with van der Waals surface area (Å²) >= 11 is 0. The third-order valence-electron chi connectivity index (χ3n) is 0.910. The molecule has 1 aliphatic heterocycles. The maximum Gasteiger partial charge on any atom is 0.104 e. The van der Waals surface area contributed by atoms with E-state index in [1.807, 2.05) is 6.92 Å². The van der Waals surface area contributed by atoms with Crippen molar-refractivity contribution in [3.8, 4) is 0 Å². The lowest BCUT2D eigenvalue weighted by molar-refractivity contribution is 0.128. The van der Waals surface area contributed by atoms with Crippen LogP contribution < -0.4 is 0 Å². The highest BCUT2D eigenvalue weighted by atomic mass is 16.6. The fraction of sp³-hybridized carbons (Fsp3) is 1.00. The second kappa shape index (κ2) is 8.92. The van der Waals surface area contributed by atoms with Crippen LogP contribution in [0.5, 0.6) is 0 Å². The molecule has 0 saturated carbocycles. The Hall–Kier alpha value is -0.0800. The third-order valence-corrected chi connectivity index (χ3v) is 0.910. The second-order valence-electron chi connectivity index (χ2n) is 1.61. The molecule has 10 heavy (non-hydrogen) atoms. The van der Waals surface area contributed by atoms with Crippen LogP contribution in [0, 0.1) is 0 Å². The molecule has 0 aromatic rings. The number of ether oxygens (including phenoxy) is 2. The molecule has 2 heteroatoms. The Labute approximate surface area is 65.5 Å². The molecule has 0 bridgehead atoms. The highest BCUT2D eigenvalue weighted by Crippen LogP contribution is 2.07. The predicted molar refractivity (Wildman–Crippen MR) is 46.4 cm³/mol. The Morgan fingerprint density at radius 2 is 1.90 bits per heavy atom. The predicted octanol–water partition coefficient (Wildman–Crippen LogP) is 2.33. The Morgan fingerprint density at radius 1 is 1.40 bits per heavy atom. The SMILES string of the molecule is C.C.C.CCOCC1CO1. The van der Waals surface area contributed by atoms with Gasteiger partial charge in [-0.25, -0.2) is 0 Å². The summed E-state index contributed by atoms with van der Waals surface area (Å²) in [4.78, 5) is 0. The lowest BCUT2D eigenvalue weighted by Gasteiger charge is -1.91. The van der Waals surface area contributed by atoms with Crippen molar-refractivity contribution in [1.82, 2.24) is 0 Å². The Kier molecular flexibility index (Phi) is 14.7. The Bertz CT molecular complexity index is 51.2. The molecular weight excluding hydrogens is 128 g/mol. The van der Waals surface area contributed by atoms with Gasteiger partial charge in [0.15, 0.2) is 0 Å². The van der Waals surface area contributed by atoms with Gasteiger partial charge in [0.2, 0.25) is 0 Å². The van der Waals surface area contributed by atoms with E-state index in [0.717, 1.165) is 19.8 Å². The summed E-state index contributed by atoms with van der Waals surface area (Å²) in [5.41, 5.74) is 0. The quantitative estimate of drug-likeness (QED) is 0.576. The summed E-state index contributed by atoms with van der Waals surface area (Å²) in [6.07, 6.45) is 0.431. The van der Waals surface area contributed by atoms with Crippen LogP contribution in [0.2, 0.25) is 0 Å². The standard InChI is InChI=1S/C5H10O2.3CH4/c1-2-6-3-5-4-7-5;;;/h5H,2-4H2,1H3;3*1H4. The molecule has 1 rings (SSSR count). The molecule has 0 aromatic carbocycles. The van der Waals surface area contributed by atoms with Crippen molar-refractivity contribution in [2.45, 2.75) is 35.3 Å². The van der Waals surface area contributed by atoms with Crippen molar-refractivity contribution in [3.05, 3.63) is 0 Å². The topological polar surface area (TPSA) is 21.8 Å². The Balaban J connectivity index is -0.000000163. The van der Waals surface area contributed by atoms with E-state index in [-0.39, 0.29) is 22.3 Å². The highest BCUT2D eigenvalue weighted by Gasteiger charge is 2.21. The van der Waals surface area contributed by atoms with Gasteiger partial charge in [-0.15, -0.1) is 0 Å². The number of epoxide rings is 1. The second-order valence-corrected chi connectivity index (χ2v) is 1.61. The molecule has 0 spiro atoms. The van der Waals surface area contributed by atoms with E-state index >= 15 is 0 Å². The summed E-state index contributed by atoms with van der Waals surface area (Å²) in [7, 11) is 0. The molecule has 0 radical (unpaired) electrons. The van der Waals surface area contributed by atoms with Gasteiger partial charge >= 0.3 is 0 Å². The lowest BCUT2D eigenvalue weighted by Crippen LogP contribution is -1.99. The molecule has 0 amide bonds. The van der Waals surface area contributed by atoms with Crippen LogP contribution in [0.15, 0.2) is 0 Å². The van der Waals surface area contributed by atoms with E-state index in [0.29, 0.717) is 6.10 Å². The van der Waals surface area contributed by atoms with Gasteiger partial charge in [0.25, 0.3) is 0 Å². The highest BCUT2D eigenvalue weighted by molar-refractivity contribution is 4.66. The minimum Gasteiger partial charge on any atom is -0.379 e. The van der Waals surface area contributed by atoms with Crippen molar-refractivity contribution in [2.24, 2.45) is 0 Å². The van der Waals surface area contributed by atoms with Crippen molar-refractivity contribution < 1.29 is 9.47 Å². The summed E-state index contributed by atoms with van der Waals surface area (Å²) in [6.45, 7) is 4.48. The van der Waals surface area contributed by atoms with E-state index in [1.165, 1.54) is 0 Å². The molecule has 1 atom stereocenters. The summed E-state index contributed by atoms with van der Waals surface area (Å²) in [5, 5.41) is 0. The lowest BCUT2D eigenvalue weighted by atomic mass is 10.5. The van der Waals surface area contributed by atoms with Crippen LogP contribution in [0.1, 0.15) is 29.2 Å². The maximum absolute atomic E-state index is 5.03. The van der Waals surface area contributed by atoms with Gasteiger partial charge < -0.3 is 9.47 Å². The first-order valence-corrected chi connectivity index (χ1v) is 2.63. The van der Waals surface area contributed by atoms with Crippen molar-refractivity contribution in [2.75, 3.05) is 19.8 Å². The van der Waals surface area contributed by atoms with Crippen molar-refractivity contribution in [3.63, 3.8) is 0 Å². The van der Waals surface area contributed by atoms with Gasteiger partial charge in [-0.2, -0.15) is 0 Å². The van der Waals surface area contributed by atoms with Crippen LogP contribution in [0.3, 0.4) is 0 Å². The van der Waals surface area contributed by atoms with Gasteiger partial charge in [0, 0.05) is 6.61 Å². The van der Waals surface area contributed by atoms with Crippen LogP contribution >= 0.6 is 0 Å². The average Bonchev–Trinajstić information content (AvgIpc) is 2.42. The minimum atomic E-state index is 0. The maximum atomic E-state index is 5.03. The van der Waals surface area contributed by atoms with Crippen molar-refractivity contribution >= 4 is 0 Å². The van der Waals surface area contributed by atoms with Crippen LogP contribution in [-0.2, 0) is 9.47 Å². The molecule has 0 aliphatic carbocycles. The largest absolute Gasteiger partial charge is 0.379 e. The molecule has 1 heterocycles. The van der Waals surface area contributed by atoms with Gasteiger partial charge in [-0.3, -0.25) is 0 Å². The van der Waals surface area contributed by atoms with Gasteiger partial charge in [-0.05, 0) is 6.92 Å². The first-order valence-electron chi connectivity index (χ1n) is 2.63. The number of hydrogen-bond acceptors (Lipinski definition) is 2. The van der Waals surface area contributed by atoms with E-state index < -0.39 is 0 Å². The summed E-state index contributed by atoms with van der Waals surface area (Å²) in [6, 6.07) is 0. The van der Waals surface area contributed by atoms with Crippen LogP contribution in [0.25, 0.3) is 0 Å². The van der Waals surface area contributed by atoms with Gasteiger partial charge in [0.05, 0.1) is 13.2 Å². The van der Waals surface area contributed by atoms with Gasteiger partial charge in [-0.1, -0.05) is 22.3 Å². The summed E-state index contributed by atoms with van der Waals surface area (Å²) < 4.78 is 9.92. The number of rotatable bonds is 3. The van der Waals surface area contributed by atoms with Crippen molar-refractivity contribution in [1.29, 1.82) is 0 Å². The first kappa shape index (κ1) is 16.5. The molecule has 1 saturated heterocycles. The van der Waals surface area contributed by atoms with Crippen LogP contribution in [-0.4, -0.2) is 25.9 Å². The zero-order valence-electron chi connectivity index (χ0n) is 4.52. The number of hydrogen-bond donors (Lipinski definition) is 0. The molecule has 1 unspecified atom stereocenters. The molecule has 1 fully saturated rings. The van der Waals surface area contributed by atoms with E-state index in [9.17, 15) is 0 Å². The summed E-state index contributed by atoms with van der Waals surface area (Å²) in [5.74, 6) is 0. The normalized spacial score (nSPS) is 19.5. The average molecular weight is 150 g/mol. The van der Waals surface area contributed by atoms with E-state index in [2.05, 4.69) is 0 Å². The third kappa shape index (κ3) is 7.92. The fourth-order valence-electron chi connectivity index (χ4n) is 0.414. The molecule has 66 valence electrons.